The Morgan fingerprint density at radius 3 is 2.69 bits per heavy atom. The van der Waals surface area contributed by atoms with Crippen LogP contribution in [0.25, 0.3) is 0 Å². The quantitative estimate of drug-likeness (QED) is 0.651. The van der Waals surface area contributed by atoms with Crippen LogP contribution in [0, 0.1) is 0 Å². The van der Waals surface area contributed by atoms with Gasteiger partial charge in [0.2, 0.25) is 5.91 Å². The predicted molar refractivity (Wildman–Crippen MR) is 114 cm³/mol. The molecule has 154 valence electrons. The first-order valence-corrected chi connectivity index (χ1v) is 10.7. The molecule has 2 aliphatic heterocycles. The number of carbonyl (C=O) groups excluding carboxylic acids is 1. The number of amides is 1. The fraction of sp³-hybridized carbons (Fsp3) is 0.444. The summed E-state index contributed by atoms with van der Waals surface area (Å²) in [5.74, 6) is 1.50. The zero-order valence-electron chi connectivity index (χ0n) is 15.8. The molecule has 0 radical (unpaired) electrons. The van der Waals surface area contributed by atoms with Gasteiger partial charge in [0.15, 0.2) is 5.82 Å². The van der Waals surface area contributed by atoms with Crippen molar-refractivity contribution in [1.82, 2.24) is 25.2 Å². The van der Waals surface area contributed by atoms with E-state index in [1.165, 1.54) is 11.8 Å². The molecule has 5 N–H and O–H groups in total. The maximum atomic E-state index is 12.5. The molecule has 1 atom stereocenters. The molecule has 4 rings (SSSR count). The number of nitrogens with one attached hydrogen (secondary N) is 1. The van der Waals surface area contributed by atoms with Crippen molar-refractivity contribution in [2.75, 3.05) is 49.1 Å². The third kappa shape index (κ3) is 4.34. The van der Waals surface area contributed by atoms with Gasteiger partial charge in [-0.2, -0.15) is 0 Å². The standard InChI is InChI=1S/C18H23ClN8OS/c19-14-12(3-5-23-15(14)20)29-17-16(21)25-13(10-24-17)26-6-8-27(9-7-26)18(28)11-2-1-4-22-11/h3,5,10-11,22H,1-2,4,6-9H2,(H2,20,23)(H2,21,25)/t11-/m1/s1. The Kier molecular flexibility index (Phi) is 5.93. The molecule has 2 fully saturated rings. The number of nitrogen functional groups attached to an aromatic ring is 2. The third-order valence-corrected chi connectivity index (χ3v) is 6.69. The van der Waals surface area contributed by atoms with Gasteiger partial charge in [0, 0.05) is 37.3 Å². The van der Waals surface area contributed by atoms with Crippen LogP contribution in [0.4, 0.5) is 17.5 Å². The van der Waals surface area contributed by atoms with Crippen molar-refractivity contribution < 1.29 is 4.79 Å². The monoisotopic (exact) mass is 434 g/mol. The van der Waals surface area contributed by atoms with Crippen LogP contribution in [0.1, 0.15) is 12.8 Å². The number of hydrogen-bond donors (Lipinski definition) is 3. The lowest BCUT2D eigenvalue weighted by Crippen LogP contribution is -2.53. The highest BCUT2D eigenvalue weighted by molar-refractivity contribution is 7.99. The summed E-state index contributed by atoms with van der Waals surface area (Å²) in [4.78, 5) is 30.2. The number of anilines is 3. The van der Waals surface area contributed by atoms with Gasteiger partial charge in [-0.15, -0.1) is 0 Å². The molecule has 29 heavy (non-hydrogen) atoms. The summed E-state index contributed by atoms with van der Waals surface area (Å²) in [6, 6.07) is 1.73. The van der Waals surface area contributed by atoms with Crippen LogP contribution in [0.15, 0.2) is 28.4 Å². The van der Waals surface area contributed by atoms with Crippen LogP contribution in [-0.2, 0) is 4.79 Å². The number of halogens is 1. The number of carbonyl (C=O) groups is 1. The molecule has 0 bridgehead atoms. The molecule has 4 heterocycles. The lowest BCUT2D eigenvalue weighted by Gasteiger charge is -2.36. The number of nitrogens with zero attached hydrogens (tertiary/aromatic N) is 5. The van der Waals surface area contributed by atoms with Crippen molar-refractivity contribution in [1.29, 1.82) is 0 Å². The molecule has 0 aliphatic carbocycles. The Morgan fingerprint density at radius 1 is 1.21 bits per heavy atom. The molecule has 0 saturated carbocycles. The van der Waals surface area contributed by atoms with Gasteiger partial charge in [0.05, 0.1) is 17.3 Å². The third-order valence-electron chi connectivity index (χ3n) is 5.11. The van der Waals surface area contributed by atoms with E-state index < -0.39 is 0 Å². The lowest BCUT2D eigenvalue weighted by molar-refractivity contribution is -0.133. The van der Waals surface area contributed by atoms with Crippen LogP contribution in [0.5, 0.6) is 0 Å². The highest BCUT2D eigenvalue weighted by Crippen LogP contribution is 2.36. The largest absolute Gasteiger partial charge is 0.382 e. The summed E-state index contributed by atoms with van der Waals surface area (Å²) in [6.07, 6.45) is 5.27. The Bertz CT molecular complexity index is 899. The molecule has 2 aliphatic rings. The fourth-order valence-corrected chi connectivity index (χ4v) is 4.52. The normalized spacial score (nSPS) is 19.6. The van der Waals surface area contributed by atoms with Crippen LogP contribution >= 0.6 is 23.4 Å². The Hall–Kier alpha value is -2.30. The summed E-state index contributed by atoms with van der Waals surface area (Å²) in [5.41, 5.74) is 11.9. The Balaban J connectivity index is 1.39. The molecular formula is C18H23ClN8OS. The highest BCUT2D eigenvalue weighted by atomic mass is 35.5. The van der Waals surface area contributed by atoms with Crippen molar-refractivity contribution in [2.24, 2.45) is 0 Å². The van der Waals surface area contributed by atoms with Gasteiger partial charge in [-0.05, 0) is 25.5 Å². The molecule has 0 spiro atoms. The van der Waals surface area contributed by atoms with E-state index in [1.54, 1.807) is 18.5 Å². The average Bonchev–Trinajstić information content (AvgIpc) is 3.27. The van der Waals surface area contributed by atoms with Crippen molar-refractivity contribution in [2.45, 2.75) is 28.8 Å². The van der Waals surface area contributed by atoms with Gasteiger partial charge < -0.3 is 26.6 Å². The van der Waals surface area contributed by atoms with Crippen LogP contribution in [0.2, 0.25) is 5.02 Å². The number of pyridine rings is 1. The lowest BCUT2D eigenvalue weighted by atomic mass is 10.2. The van der Waals surface area contributed by atoms with E-state index in [4.69, 9.17) is 23.1 Å². The number of rotatable bonds is 4. The Morgan fingerprint density at radius 2 is 2.00 bits per heavy atom. The summed E-state index contributed by atoms with van der Waals surface area (Å²) in [6.45, 7) is 3.66. The van der Waals surface area contributed by atoms with E-state index in [1.807, 2.05) is 4.90 Å². The maximum Gasteiger partial charge on any atom is 0.239 e. The van der Waals surface area contributed by atoms with E-state index in [-0.39, 0.29) is 17.8 Å². The first-order chi connectivity index (χ1) is 14.0. The van der Waals surface area contributed by atoms with Crippen molar-refractivity contribution in [3.8, 4) is 0 Å². The van der Waals surface area contributed by atoms with Crippen molar-refractivity contribution in [3.63, 3.8) is 0 Å². The SMILES string of the molecule is Nc1nc(N2CCN(C(=O)[C@H]3CCCN3)CC2)cnc1Sc1ccnc(N)c1Cl. The molecule has 2 saturated heterocycles. The van der Waals surface area contributed by atoms with Gasteiger partial charge in [0.25, 0.3) is 0 Å². The second kappa shape index (κ2) is 8.60. The molecular weight excluding hydrogens is 412 g/mol. The topological polar surface area (TPSA) is 126 Å². The van der Waals surface area contributed by atoms with Gasteiger partial charge in [-0.1, -0.05) is 23.4 Å². The van der Waals surface area contributed by atoms with Gasteiger partial charge >= 0.3 is 0 Å². The summed E-state index contributed by atoms with van der Waals surface area (Å²) < 4.78 is 0. The van der Waals surface area contributed by atoms with Crippen molar-refractivity contribution >= 4 is 46.7 Å². The number of piperazine rings is 1. The molecule has 2 aromatic heterocycles. The van der Waals surface area contributed by atoms with Crippen molar-refractivity contribution in [3.05, 3.63) is 23.5 Å². The van der Waals surface area contributed by atoms with Crippen LogP contribution in [-0.4, -0.2) is 64.5 Å². The van der Waals surface area contributed by atoms with Gasteiger partial charge in [-0.25, -0.2) is 15.0 Å². The highest BCUT2D eigenvalue weighted by Gasteiger charge is 2.29. The van der Waals surface area contributed by atoms with Gasteiger partial charge in [-0.3, -0.25) is 4.79 Å². The summed E-state index contributed by atoms with van der Waals surface area (Å²) in [5, 5.41) is 4.20. The van der Waals surface area contributed by atoms with E-state index in [0.717, 1.165) is 24.3 Å². The molecule has 0 unspecified atom stereocenters. The molecule has 11 heteroatoms. The predicted octanol–water partition coefficient (Wildman–Crippen LogP) is 1.24. The zero-order valence-corrected chi connectivity index (χ0v) is 17.4. The first kappa shape index (κ1) is 20.0. The second-order valence-corrected chi connectivity index (χ2v) is 8.40. The van der Waals surface area contributed by atoms with Gasteiger partial charge in [0.1, 0.15) is 16.7 Å². The average molecular weight is 435 g/mol. The van der Waals surface area contributed by atoms with Crippen LogP contribution < -0.4 is 21.7 Å². The van der Waals surface area contributed by atoms with E-state index in [0.29, 0.717) is 47.9 Å². The minimum atomic E-state index is -0.0256. The zero-order chi connectivity index (χ0) is 20.4. The smallest absolute Gasteiger partial charge is 0.239 e. The van der Waals surface area contributed by atoms with E-state index in [9.17, 15) is 4.79 Å². The maximum absolute atomic E-state index is 12.5. The molecule has 0 aromatic carbocycles. The molecule has 1 amide bonds. The molecule has 2 aromatic rings. The Labute approximate surface area is 178 Å². The minimum Gasteiger partial charge on any atom is -0.382 e. The number of aromatic nitrogens is 3. The van der Waals surface area contributed by atoms with E-state index >= 15 is 0 Å². The number of nitrogens with two attached hydrogens (primary N) is 2. The van der Waals surface area contributed by atoms with E-state index in [2.05, 4.69) is 25.2 Å². The van der Waals surface area contributed by atoms with Crippen LogP contribution in [0.3, 0.4) is 0 Å². The summed E-state index contributed by atoms with van der Waals surface area (Å²) >= 11 is 7.49. The first-order valence-electron chi connectivity index (χ1n) is 9.50. The second-order valence-electron chi connectivity index (χ2n) is 6.99. The minimum absolute atomic E-state index is 0.0256. The number of hydrogen-bond acceptors (Lipinski definition) is 9. The summed E-state index contributed by atoms with van der Waals surface area (Å²) in [7, 11) is 0. The fourth-order valence-electron chi connectivity index (χ4n) is 3.51. The molecule has 9 nitrogen and oxygen atoms in total.